The molecule has 0 aromatic heterocycles. The zero-order chi connectivity index (χ0) is 5.98. The Balaban J connectivity index is 2.68. The van der Waals surface area contributed by atoms with E-state index in [1.165, 1.54) is 0 Å². The third-order valence-electron chi connectivity index (χ3n) is 1.05. The lowest BCUT2D eigenvalue weighted by molar-refractivity contribution is 0.620. The maximum absolute atomic E-state index is 3.75. The summed E-state index contributed by atoms with van der Waals surface area (Å²) in [6.07, 6.45) is 7.89. The molecule has 1 nitrogen and oxygen atoms in total. The molecule has 0 radical (unpaired) electrons. The van der Waals surface area contributed by atoms with E-state index in [0.29, 0.717) is 0 Å². The lowest BCUT2D eigenvalue weighted by atomic mass is 10.2. The summed E-state index contributed by atoms with van der Waals surface area (Å²) in [7, 11) is 1.99. The molecule has 0 aromatic carbocycles. The highest BCUT2D eigenvalue weighted by atomic mass is 15.0. The quantitative estimate of drug-likeness (QED) is 0.453. The minimum absolute atomic E-state index is 1.06. The van der Waals surface area contributed by atoms with Crippen LogP contribution in [-0.4, -0.2) is 11.9 Å². The zero-order valence-electron chi connectivity index (χ0n) is 4.96. The molecule has 1 heterocycles. The number of nitrogens with zero attached hydrogens (tertiary/aromatic N) is 1. The average molecular weight is 107 g/mol. The summed E-state index contributed by atoms with van der Waals surface area (Å²) < 4.78 is 0. The molecule has 1 aliphatic rings. The molecule has 0 spiro atoms. The second kappa shape index (κ2) is 1.86. The predicted octanol–water partition coefficient (Wildman–Crippen LogP) is 1.52. The highest BCUT2D eigenvalue weighted by Gasteiger charge is 1.88. The van der Waals surface area contributed by atoms with E-state index in [4.69, 9.17) is 0 Å². The smallest absolute Gasteiger partial charge is 0.0106 e. The number of allylic oxidation sites excluding steroid dienone is 3. The molecule has 0 aromatic rings. The van der Waals surface area contributed by atoms with Gasteiger partial charge in [-0.3, -0.25) is 0 Å². The van der Waals surface area contributed by atoms with Crippen LogP contribution in [-0.2, 0) is 0 Å². The SMILES string of the molecule is C=C1C=CN(C)C=C1. The van der Waals surface area contributed by atoms with Crippen molar-refractivity contribution < 1.29 is 0 Å². The third-order valence-corrected chi connectivity index (χ3v) is 1.05. The van der Waals surface area contributed by atoms with Crippen LogP contribution in [0.2, 0.25) is 0 Å². The van der Waals surface area contributed by atoms with Crippen molar-refractivity contribution in [3.05, 3.63) is 36.7 Å². The van der Waals surface area contributed by atoms with Crippen LogP contribution in [0.4, 0.5) is 0 Å². The molecule has 8 heavy (non-hydrogen) atoms. The van der Waals surface area contributed by atoms with Crippen molar-refractivity contribution in [2.45, 2.75) is 0 Å². The van der Waals surface area contributed by atoms with Crippen molar-refractivity contribution in [3.63, 3.8) is 0 Å². The molecule has 0 aliphatic carbocycles. The van der Waals surface area contributed by atoms with Crippen LogP contribution in [0.1, 0.15) is 0 Å². The van der Waals surface area contributed by atoms with Crippen LogP contribution < -0.4 is 0 Å². The summed E-state index contributed by atoms with van der Waals surface area (Å²) in [5, 5.41) is 0. The minimum Gasteiger partial charge on any atom is -0.357 e. The maximum Gasteiger partial charge on any atom is 0.0106 e. The standard InChI is InChI=1S/C7H9N/c1-7-3-5-8(2)6-4-7/h3-6H,1H2,2H3. The molecule has 1 aliphatic heterocycles. The third kappa shape index (κ3) is 0.997. The van der Waals surface area contributed by atoms with Gasteiger partial charge in [0.1, 0.15) is 0 Å². The van der Waals surface area contributed by atoms with Gasteiger partial charge in [0, 0.05) is 19.4 Å². The van der Waals surface area contributed by atoms with Crippen LogP contribution in [0.3, 0.4) is 0 Å². The van der Waals surface area contributed by atoms with Gasteiger partial charge in [-0.2, -0.15) is 0 Å². The second-order valence-corrected chi connectivity index (χ2v) is 1.87. The van der Waals surface area contributed by atoms with E-state index in [2.05, 4.69) is 6.58 Å². The summed E-state index contributed by atoms with van der Waals surface area (Å²) >= 11 is 0. The van der Waals surface area contributed by atoms with E-state index in [0.717, 1.165) is 5.57 Å². The van der Waals surface area contributed by atoms with Gasteiger partial charge in [0.25, 0.3) is 0 Å². The summed E-state index contributed by atoms with van der Waals surface area (Å²) in [4.78, 5) is 1.98. The Morgan fingerprint density at radius 3 is 2.25 bits per heavy atom. The first-order chi connectivity index (χ1) is 3.79. The van der Waals surface area contributed by atoms with E-state index in [1.807, 2.05) is 36.5 Å². The average Bonchev–Trinajstić information content (AvgIpc) is 1.77. The van der Waals surface area contributed by atoms with Gasteiger partial charge in [0.15, 0.2) is 0 Å². The lowest BCUT2D eigenvalue weighted by Gasteiger charge is -2.10. The summed E-state index contributed by atoms with van der Waals surface area (Å²) in [6.45, 7) is 3.75. The van der Waals surface area contributed by atoms with E-state index in [1.54, 1.807) is 0 Å². The topological polar surface area (TPSA) is 3.24 Å². The first kappa shape index (κ1) is 5.16. The van der Waals surface area contributed by atoms with E-state index in [9.17, 15) is 0 Å². The van der Waals surface area contributed by atoms with Gasteiger partial charge < -0.3 is 4.90 Å². The molecule has 42 valence electrons. The van der Waals surface area contributed by atoms with Crippen molar-refractivity contribution in [2.24, 2.45) is 0 Å². The molecular weight excluding hydrogens is 98.1 g/mol. The molecule has 0 atom stereocenters. The molecule has 0 fully saturated rings. The zero-order valence-corrected chi connectivity index (χ0v) is 4.96. The Kier molecular flexibility index (Phi) is 1.20. The van der Waals surface area contributed by atoms with E-state index < -0.39 is 0 Å². The number of hydrogen-bond donors (Lipinski definition) is 0. The van der Waals surface area contributed by atoms with Crippen LogP contribution in [0.25, 0.3) is 0 Å². The van der Waals surface area contributed by atoms with E-state index in [-0.39, 0.29) is 0 Å². The minimum atomic E-state index is 1.06. The fourth-order valence-electron chi connectivity index (χ4n) is 0.532. The normalized spacial score (nSPS) is 17.6. The molecule has 1 rings (SSSR count). The molecule has 1 heteroatoms. The predicted molar refractivity (Wildman–Crippen MR) is 35.2 cm³/mol. The Morgan fingerprint density at radius 2 is 1.88 bits per heavy atom. The van der Waals surface area contributed by atoms with Crippen molar-refractivity contribution in [1.82, 2.24) is 4.90 Å². The van der Waals surface area contributed by atoms with Crippen molar-refractivity contribution in [1.29, 1.82) is 0 Å². The molecule has 0 saturated heterocycles. The maximum atomic E-state index is 3.75. The summed E-state index contributed by atoms with van der Waals surface area (Å²) in [6, 6.07) is 0. The van der Waals surface area contributed by atoms with Gasteiger partial charge in [-0.15, -0.1) is 0 Å². The van der Waals surface area contributed by atoms with Crippen LogP contribution >= 0.6 is 0 Å². The molecule has 0 bridgehead atoms. The Hall–Kier alpha value is -0.980. The van der Waals surface area contributed by atoms with Crippen molar-refractivity contribution >= 4 is 0 Å². The highest BCUT2D eigenvalue weighted by molar-refractivity contribution is 5.30. The number of hydrogen-bond acceptors (Lipinski definition) is 1. The summed E-state index contributed by atoms with van der Waals surface area (Å²) in [5.74, 6) is 0. The lowest BCUT2D eigenvalue weighted by Crippen LogP contribution is -2.02. The Bertz CT molecular complexity index is 138. The largest absolute Gasteiger partial charge is 0.357 e. The molecular formula is C7H9N. The Morgan fingerprint density at radius 1 is 1.38 bits per heavy atom. The molecule has 0 unspecified atom stereocenters. The second-order valence-electron chi connectivity index (χ2n) is 1.87. The van der Waals surface area contributed by atoms with Crippen LogP contribution in [0, 0.1) is 0 Å². The van der Waals surface area contributed by atoms with Gasteiger partial charge in [-0.05, 0) is 17.7 Å². The fraction of sp³-hybridized carbons (Fsp3) is 0.143. The van der Waals surface area contributed by atoms with Crippen LogP contribution in [0.15, 0.2) is 36.7 Å². The summed E-state index contributed by atoms with van der Waals surface area (Å²) in [5.41, 5.74) is 1.06. The van der Waals surface area contributed by atoms with E-state index >= 15 is 0 Å². The van der Waals surface area contributed by atoms with Gasteiger partial charge in [-0.1, -0.05) is 6.58 Å². The Labute approximate surface area is 49.6 Å². The molecule has 0 saturated carbocycles. The monoisotopic (exact) mass is 107 g/mol. The molecule has 0 N–H and O–H groups in total. The van der Waals surface area contributed by atoms with Gasteiger partial charge in [0.2, 0.25) is 0 Å². The van der Waals surface area contributed by atoms with Crippen LogP contribution in [0.5, 0.6) is 0 Å². The van der Waals surface area contributed by atoms with Gasteiger partial charge >= 0.3 is 0 Å². The molecule has 0 amide bonds. The van der Waals surface area contributed by atoms with Gasteiger partial charge in [-0.25, -0.2) is 0 Å². The van der Waals surface area contributed by atoms with Crippen molar-refractivity contribution in [3.8, 4) is 0 Å². The fourth-order valence-corrected chi connectivity index (χ4v) is 0.532. The first-order valence-corrected chi connectivity index (χ1v) is 2.56. The highest BCUT2D eigenvalue weighted by Crippen LogP contribution is 2.03. The van der Waals surface area contributed by atoms with Gasteiger partial charge in [0.05, 0.1) is 0 Å². The number of rotatable bonds is 0. The first-order valence-electron chi connectivity index (χ1n) is 2.56. The van der Waals surface area contributed by atoms with Crippen molar-refractivity contribution in [2.75, 3.05) is 7.05 Å².